The molecule has 1 spiro atoms. The van der Waals surface area contributed by atoms with Crippen LogP contribution in [0, 0.1) is 0 Å². The summed E-state index contributed by atoms with van der Waals surface area (Å²) in [5.41, 5.74) is -0.194. The van der Waals surface area contributed by atoms with E-state index in [1.165, 1.54) is 0 Å². The van der Waals surface area contributed by atoms with Crippen LogP contribution in [0.4, 0.5) is 0 Å². The highest BCUT2D eigenvalue weighted by Crippen LogP contribution is 2.34. The molecule has 0 N–H and O–H groups in total. The van der Waals surface area contributed by atoms with Gasteiger partial charge in [0, 0.05) is 25.7 Å². The Morgan fingerprint density at radius 3 is 2.40 bits per heavy atom. The van der Waals surface area contributed by atoms with E-state index in [4.69, 9.17) is 0 Å². The van der Waals surface area contributed by atoms with Crippen LogP contribution in [-0.4, -0.2) is 65.5 Å². The summed E-state index contributed by atoms with van der Waals surface area (Å²) < 4.78 is 0. The molecule has 4 nitrogen and oxygen atoms in total. The van der Waals surface area contributed by atoms with Gasteiger partial charge in [-0.05, 0) is 27.8 Å². The molecule has 2 saturated heterocycles. The lowest BCUT2D eigenvalue weighted by Gasteiger charge is -2.51. The quantitative estimate of drug-likeness (QED) is 0.653. The van der Waals surface area contributed by atoms with Gasteiger partial charge >= 0.3 is 0 Å². The highest BCUT2D eigenvalue weighted by molar-refractivity contribution is 5.90. The average molecular weight is 211 g/mol. The van der Waals surface area contributed by atoms with E-state index in [1.807, 2.05) is 11.8 Å². The molecule has 1 amide bonds. The van der Waals surface area contributed by atoms with Crippen molar-refractivity contribution < 1.29 is 4.79 Å². The van der Waals surface area contributed by atoms with Crippen molar-refractivity contribution in [3.63, 3.8) is 0 Å². The van der Waals surface area contributed by atoms with Crippen LogP contribution >= 0.6 is 0 Å². The second-order valence-electron chi connectivity index (χ2n) is 5.03. The summed E-state index contributed by atoms with van der Waals surface area (Å²) in [4.78, 5) is 18.7. The summed E-state index contributed by atoms with van der Waals surface area (Å²) >= 11 is 0. The van der Waals surface area contributed by atoms with Gasteiger partial charge in [-0.3, -0.25) is 14.6 Å². The molecular formula is C11H21N3O. The number of hydrogen-bond donors (Lipinski definition) is 0. The summed E-state index contributed by atoms with van der Waals surface area (Å²) in [5, 5.41) is 0. The Balaban J connectivity index is 2.08. The summed E-state index contributed by atoms with van der Waals surface area (Å²) in [7, 11) is 2.06. The Labute approximate surface area is 91.8 Å². The number of nitrogens with zero attached hydrogens (tertiary/aromatic N) is 3. The van der Waals surface area contributed by atoms with Crippen molar-refractivity contribution in [3.05, 3.63) is 0 Å². The maximum Gasteiger partial charge on any atom is 0.246 e. The first-order valence-corrected chi connectivity index (χ1v) is 5.76. The number of rotatable bonds is 2. The SMILES string of the molecule is CCN1CN(C)C2(CN(C(C)C)C2)C1=O. The zero-order chi connectivity index (χ0) is 11.2. The van der Waals surface area contributed by atoms with Crippen LogP contribution in [-0.2, 0) is 4.79 Å². The molecule has 0 saturated carbocycles. The molecule has 0 bridgehead atoms. The number of likely N-dealkylation sites (tertiary alicyclic amines) is 1. The van der Waals surface area contributed by atoms with Gasteiger partial charge in [-0.15, -0.1) is 0 Å². The zero-order valence-corrected chi connectivity index (χ0v) is 10.2. The summed E-state index contributed by atoms with van der Waals surface area (Å²) in [6, 6.07) is 0.549. The van der Waals surface area contributed by atoms with Gasteiger partial charge in [0.25, 0.3) is 0 Å². The van der Waals surface area contributed by atoms with Gasteiger partial charge in [-0.2, -0.15) is 0 Å². The van der Waals surface area contributed by atoms with E-state index in [0.717, 1.165) is 26.3 Å². The molecule has 0 aliphatic carbocycles. The Hall–Kier alpha value is -0.610. The van der Waals surface area contributed by atoms with Gasteiger partial charge in [-0.25, -0.2) is 0 Å². The van der Waals surface area contributed by atoms with Gasteiger partial charge < -0.3 is 4.90 Å². The number of carbonyl (C=O) groups is 1. The number of amides is 1. The normalized spacial score (nSPS) is 26.7. The van der Waals surface area contributed by atoms with Crippen molar-refractivity contribution in [1.82, 2.24) is 14.7 Å². The fraction of sp³-hybridized carbons (Fsp3) is 0.909. The molecule has 0 radical (unpaired) electrons. The van der Waals surface area contributed by atoms with Gasteiger partial charge in [0.2, 0.25) is 5.91 Å². The first-order chi connectivity index (χ1) is 7.01. The van der Waals surface area contributed by atoms with E-state index in [-0.39, 0.29) is 5.54 Å². The molecule has 0 unspecified atom stereocenters. The van der Waals surface area contributed by atoms with E-state index in [1.54, 1.807) is 0 Å². The topological polar surface area (TPSA) is 26.8 Å². The van der Waals surface area contributed by atoms with E-state index in [9.17, 15) is 4.79 Å². The molecule has 0 aromatic carbocycles. The Kier molecular flexibility index (Phi) is 2.51. The fourth-order valence-electron chi connectivity index (χ4n) is 2.52. The van der Waals surface area contributed by atoms with Crippen LogP contribution in [0.25, 0.3) is 0 Å². The van der Waals surface area contributed by atoms with Crippen LogP contribution in [0.5, 0.6) is 0 Å². The highest BCUT2D eigenvalue weighted by Gasteiger charge is 2.58. The van der Waals surface area contributed by atoms with Crippen molar-refractivity contribution in [2.75, 3.05) is 33.4 Å². The second kappa shape index (κ2) is 3.46. The number of hydrogen-bond acceptors (Lipinski definition) is 3. The second-order valence-corrected chi connectivity index (χ2v) is 5.03. The molecule has 2 rings (SSSR count). The third kappa shape index (κ3) is 1.39. The molecule has 15 heavy (non-hydrogen) atoms. The first kappa shape index (κ1) is 10.9. The van der Waals surface area contributed by atoms with Crippen LogP contribution in [0.1, 0.15) is 20.8 Å². The van der Waals surface area contributed by atoms with Crippen molar-refractivity contribution in [2.24, 2.45) is 0 Å². The Bertz CT molecular complexity index is 271. The number of carbonyl (C=O) groups excluding carboxylic acids is 1. The third-order valence-corrected chi connectivity index (χ3v) is 3.84. The third-order valence-electron chi connectivity index (χ3n) is 3.84. The maximum absolute atomic E-state index is 12.2. The van der Waals surface area contributed by atoms with Crippen molar-refractivity contribution in [1.29, 1.82) is 0 Å². The predicted molar refractivity (Wildman–Crippen MR) is 59.5 cm³/mol. The standard InChI is InChI=1S/C11H21N3O/c1-5-13-8-12(4)11(10(13)15)6-14(7-11)9(2)3/h9H,5-8H2,1-4H3. The van der Waals surface area contributed by atoms with E-state index in [2.05, 4.69) is 30.7 Å². The van der Waals surface area contributed by atoms with Gasteiger partial charge in [-0.1, -0.05) is 0 Å². The average Bonchev–Trinajstić information content (AvgIpc) is 2.35. The van der Waals surface area contributed by atoms with Crippen LogP contribution in [0.3, 0.4) is 0 Å². The lowest BCUT2D eigenvalue weighted by molar-refractivity contribution is -0.142. The monoisotopic (exact) mass is 211 g/mol. The van der Waals surface area contributed by atoms with E-state index < -0.39 is 0 Å². The van der Waals surface area contributed by atoms with Crippen molar-refractivity contribution >= 4 is 5.91 Å². The summed E-state index contributed by atoms with van der Waals surface area (Å²) in [6.45, 7) is 9.83. The summed E-state index contributed by atoms with van der Waals surface area (Å²) in [5.74, 6) is 0.324. The molecule has 0 atom stereocenters. The van der Waals surface area contributed by atoms with Crippen LogP contribution in [0.15, 0.2) is 0 Å². The summed E-state index contributed by atoms with van der Waals surface area (Å²) in [6.07, 6.45) is 0. The molecule has 0 aromatic heterocycles. The molecule has 0 aromatic rings. The lowest BCUT2D eigenvalue weighted by atomic mass is 9.87. The van der Waals surface area contributed by atoms with Crippen molar-refractivity contribution in [2.45, 2.75) is 32.4 Å². The van der Waals surface area contributed by atoms with Gasteiger partial charge in [0.15, 0.2) is 0 Å². The predicted octanol–water partition coefficient (Wildman–Crippen LogP) is 0.201. The van der Waals surface area contributed by atoms with Crippen molar-refractivity contribution in [3.8, 4) is 0 Å². The Morgan fingerprint density at radius 2 is 2.00 bits per heavy atom. The molecule has 4 heteroatoms. The minimum atomic E-state index is -0.194. The number of likely N-dealkylation sites (N-methyl/N-ethyl adjacent to an activating group) is 2. The van der Waals surface area contributed by atoms with Crippen LogP contribution in [0.2, 0.25) is 0 Å². The van der Waals surface area contributed by atoms with Gasteiger partial charge in [0.05, 0.1) is 6.67 Å². The van der Waals surface area contributed by atoms with Gasteiger partial charge in [0.1, 0.15) is 5.54 Å². The molecular weight excluding hydrogens is 190 g/mol. The van der Waals surface area contributed by atoms with E-state index >= 15 is 0 Å². The molecule has 2 aliphatic rings. The molecule has 2 fully saturated rings. The molecule has 86 valence electrons. The minimum Gasteiger partial charge on any atom is -0.328 e. The lowest BCUT2D eigenvalue weighted by Crippen LogP contribution is -2.71. The first-order valence-electron chi connectivity index (χ1n) is 5.76. The van der Waals surface area contributed by atoms with E-state index in [0.29, 0.717) is 11.9 Å². The zero-order valence-electron chi connectivity index (χ0n) is 10.2. The fourth-order valence-corrected chi connectivity index (χ4v) is 2.52. The minimum absolute atomic E-state index is 0.194. The largest absolute Gasteiger partial charge is 0.328 e. The molecule has 2 aliphatic heterocycles. The smallest absolute Gasteiger partial charge is 0.246 e. The van der Waals surface area contributed by atoms with Crippen LogP contribution < -0.4 is 0 Å². The highest BCUT2D eigenvalue weighted by atomic mass is 16.2. The maximum atomic E-state index is 12.2. The Morgan fingerprint density at radius 1 is 1.40 bits per heavy atom. The molecule has 2 heterocycles.